The lowest BCUT2D eigenvalue weighted by atomic mass is 10.2. The molecule has 1 heterocycles. The molecule has 0 bridgehead atoms. The second kappa shape index (κ2) is 6.20. The van der Waals surface area contributed by atoms with Crippen LogP contribution in [0, 0.1) is 0 Å². The third-order valence-electron chi connectivity index (χ3n) is 2.82. The first-order chi connectivity index (χ1) is 9.16. The van der Waals surface area contributed by atoms with Crippen molar-refractivity contribution >= 4 is 5.91 Å². The molecule has 1 aromatic carbocycles. The van der Waals surface area contributed by atoms with Crippen LogP contribution < -0.4 is 5.32 Å². The summed E-state index contributed by atoms with van der Waals surface area (Å²) in [6.45, 7) is 2.56. The van der Waals surface area contributed by atoms with Crippen LogP contribution in [0.15, 0.2) is 48.7 Å². The maximum atomic E-state index is 12.0. The van der Waals surface area contributed by atoms with E-state index in [9.17, 15) is 9.90 Å². The largest absolute Gasteiger partial charge is 0.392 e. The molecular weight excluding hydrogens is 240 g/mol. The Balaban J connectivity index is 2.07. The van der Waals surface area contributed by atoms with Crippen molar-refractivity contribution in [3.8, 4) is 0 Å². The Bertz CT molecular complexity index is 532. The van der Waals surface area contributed by atoms with Crippen LogP contribution in [0.1, 0.15) is 23.0 Å². The summed E-state index contributed by atoms with van der Waals surface area (Å²) >= 11 is 0. The maximum Gasteiger partial charge on any atom is 0.268 e. The second-order valence-electron chi connectivity index (χ2n) is 4.57. The summed E-state index contributed by atoms with van der Waals surface area (Å²) in [6.07, 6.45) is 1.34. The molecule has 0 aliphatic carbocycles. The number of aromatic nitrogens is 1. The lowest BCUT2D eigenvalue weighted by Crippen LogP contribution is -2.32. The van der Waals surface area contributed by atoms with Gasteiger partial charge in [0.2, 0.25) is 0 Å². The van der Waals surface area contributed by atoms with Crippen molar-refractivity contribution in [2.24, 2.45) is 0 Å². The average Bonchev–Trinajstić information content (AvgIpc) is 2.85. The normalized spacial score (nSPS) is 12.1. The van der Waals surface area contributed by atoms with Gasteiger partial charge in [-0.2, -0.15) is 0 Å². The Morgan fingerprint density at radius 2 is 2.00 bits per heavy atom. The van der Waals surface area contributed by atoms with Gasteiger partial charge in [0.15, 0.2) is 0 Å². The molecule has 0 saturated heterocycles. The number of rotatable bonds is 5. The molecule has 2 N–H and O–H groups in total. The molecule has 1 amide bonds. The van der Waals surface area contributed by atoms with Crippen LogP contribution in [0.3, 0.4) is 0 Å². The lowest BCUT2D eigenvalue weighted by molar-refractivity contribution is 0.0915. The van der Waals surface area contributed by atoms with Crippen LogP contribution in [0.25, 0.3) is 0 Å². The summed E-state index contributed by atoms with van der Waals surface area (Å²) in [5.74, 6) is -0.165. The van der Waals surface area contributed by atoms with Gasteiger partial charge in [-0.25, -0.2) is 0 Å². The van der Waals surface area contributed by atoms with Crippen molar-refractivity contribution in [2.75, 3.05) is 6.54 Å². The van der Waals surface area contributed by atoms with E-state index in [2.05, 4.69) is 5.32 Å². The van der Waals surface area contributed by atoms with Crippen molar-refractivity contribution in [3.05, 3.63) is 59.9 Å². The number of nitrogens with one attached hydrogen (secondary N) is 1. The smallest absolute Gasteiger partial charge is 0.268 e. The summed E-state index contributed by atoms with van der Waals surface area (Å²) in [5.41, 5.74) is 1.74. The molecule has 0 aliphatic heterocycles. The van der Waals surface area contributed by atoms with Crippen LogP contribution in [0.2, 0.25) is 0 Å². The SMILES string of the molecule is C[C@@H](O)CNC(=O)c1cccn1Cc1ccccc1. The molecule has 19 heavy (non-hydrogen) atoms. The number of aliphatic hydroxyl groups is 1. The van der Waals surface area contributed by atoms with E-state index in [0.29, 0.717) is 12.2 Å². The van der Waals surface area contributed by atoms with Gasteiger partial charge in [-0.3, -0.25) is 4.79 Å². The van der Waals surface area contributed by atoms with Gasteiger partial charge in [-0.15, -0.1) is 0 Å². The van der Waals surface area contributed by atoms with E-state index in [1.807, 2.05) is 47.2 Å². The van der Waals surface area contributed by atoms with E-state index in [1.165, 1.54) is 0 Å². The molecule has 0 spiro atoms. The van der Waals surface area contributed by atoms with Gasteiger partial charge in [0.1, 0.15) is 5.69 Å². The topological polar surface area (TPSA) is 54.3 Å². The molecule has 2 aromatic rings. The molecule has 0 radical (unpaired) electrons. The molecule has 100 valence electrons. The number of carbonyl (C=O) groups is 1. The van der Waals surface area contributed by atoms with Crippen LogP contribution in [0.5, 0.6) is 0 Å². The summed E-state index contributed by atoms with van der Waals surface area (Å²) < 4.78 is 1.90. The first kappa shape index (κ1) is 13.4. The third kappa shape index (κ3) is 3.69. The highest BCUT2D eigenvalue weighted by Gasteiger charge is 2.11. The summed E-state index contributed by atoms with van der Waals surface area (Å²) in [7, 11) is 0. The monoisotopic (exact) mass is 258 g/mol. The number of benzene rings is 1. The number of aliphatic hydroxyl groups excluding tert-OH is 1. The molecule has 1 aromatic heterocycles. The fourth-order valence-electron chi connectivity index (χ4n) is 1.87. The molecule has 1 atom stereocenters. The van der Waals surface area contributed by atoms with Gasteiger partial charge in [0.25, 0.3) is 5.91 Å². The van der Waals surface area contributed by atoms with Crippen LogP contribution in [-0.2, 0) is 6.54 Å². The van der Waals surface area contributed by atoms with E-state index in [0.717, 1.165) is 5.56 Å². The van der Waals surface area contributed by atoms with Crippen molar-refractivity contribution in [3.63, 3.8) is 0 Å². The van der Waals surface area contributed by atoms with Gasteiger partial charge in [0, 0.05) is 19.3 Å². The fraction of sp³-hybridized carbons (Fsp3) is 0.267. The number of hydrogen-bond donors (Lipinski definition) is 2. The summed E-state index contributed by atoms with van der Waals surface area (Å²) in [6, 6.07) is 13.6. The molecule has 0 saturated carbocycles. The number of amides is 1. The predicted octanol–water partition coefficient (Wildman–Crippen LogP) is 1.65. The van der Waals surface area contributed by atoms with Gasteiger partial charge in [0.05, 0.1) is 6.10 Å². The van der Waals surface area contributed by atoms with Crippen molar-refractivity contribution < 1.29 is 9.90 Å². The predicted molar refractivity (Wildman–Crippen MR) is 74.0 cm³/mol. The van der Waals surface area contributed by atoms with Crippen molar-refractivity contribution in [2.45, 2.75) is 19.6 Å². The fourth-order valence-corrected chi connectivity index (χ4v) is 1.87. The van der Waals surface area contributed by atoms with Crippen molar-refractivity contribution in [1.82, 2.24) is 9.88 Å². The molecular formula is C15H18N2O2. The second-order valence-corrected chi connectivity index (χ2v) is 4.57. The zero-order chi connectivity index (χ0) is 13.7. The number of hydrogen-bond acceptors (Lipinski definition) is 2. The van der Waals surface area contributed by atoms with Gasteiger partial charge >= 0.3 is 0 Å². The summed E-state index contributed by atoms with van der Waals surface area (Å²) in [5, 5.41) is 11.9. The highest BCUT2D eigenvalue weighted by Crippen LogP contribution is 2.07. The molecule has 4 nitrogen and oxygen atoms in total. The first-order valence-corrected chi connectivity index (χ1v) is 6.32. The quantitative estimate of drug-likeness (QED) is 0.856. The van der Waals surface area contributed by atoms with Gasteiger partial charge in [-0.05, 0) is 24.6 Å². The Morgan fingerprint density at radius 3 is 2.68 bits per heavy atom. The number of carbonyl (C=O) groups excluding carboxylic acids is 1. The highest BCUT2D eigenvalue weighted by molar-refractivity contribution is 5.92. The Labute approximate surface area is 112 Å². The van der Waals surface area contributed by atoms with Gasteiger partial charge in [-0.1, -0.05) is 30.3 Å². The van der Waals surface area contributed by atoms with Crippen LogP contribution in [0.4, 0.5) is 0 Å². The third-order valence-corrected chi connectivity index (χ3v) is 2.82. The average molecular weight is 258 g/mol. The number of nitrogens with zero attached hydrogens (tertiary/aromatic N) is 1. The van der Waals surface area contributed by atoms with Gasteiger partial charge < -0.3 is 15.0 Å². The standard InChI is InChI=1S/C15H18N2O2/c1-12(18)10-16-15(19)14-8-5-9-17(14)11-13-6-3-2-4-7-13/h2-9,12,18H,10-11H2,1H3,(H,16,19)/t12-/m1/s1. The van der Waals surface area contributed by atoms with Crippen LogP contribution in [-0.4, -0.2) is 28.2 Å². The molecule has 4 heteroatoms. The molecule has 0 aliphatic rings. The minimum atomic E-state index is -0.540. The maximum absolute atomic E-state index is 12.0. The molecule has 0 unspecified atom stereocenters. The zero-order valence-electron chi connectivity index (χ0n) is 10.9. The Kier molecular flexibility index (Phi) is 4.36. The zero-order valence-corrected chi connectivity index (χ0v) is 10.9. The summed E-state index contributed by atoms with van der Waals surface area (Å²) in [4.78, 5) is 12.0. The van der Waals surface area contributed by atoms with E-state index < -0.39 is 6.10 Å². The first-order valence-electron chi connectivity index (χ1n) is 6.32. The highest BCUT2D eigenvalue weighted by atomic mass is 16.3. The Hall–Kier alpha value is -2.07. The lowest BCUT2D eigenvalue weighted by Gasteiger charge is -2.11. The minimum Gasteiger partial charge on any atom is -0.392 e. The van der Waals surface area contributed by atoms with E-state index in [-0.39, 0.29) is 12.5 Å². The van der Waals surface area contributed by atoms with Crippen molar-refractivity contribution in [1.29, 1.82) is 0 Å². The van der Waals surface area contributed by atoms with Crippen LogP contribution >= 0.6 is 0 Å². The van der Waals surface area contributed by atoms with E-state index >= 15 is 0 Å². The Morgan fingerprint density at radius 1 is 1.26 bits per heavy atom. The molecule has 2 rings (SSSR count). The van der Waals surface area contributed by atoms with E-state index in [1.54, 1.807) is 13.0 Å². The minimum absolute atomic E-state index is 0.165. The molecule has 0 fully saturated rings. The van der Waals surface area contributed by atoms with E-state index in [4.69, 9.17) is 0 Å².